The largest absolute Gasteiger partial charge is 0.460 e. The molecule has 16 heavy (non-hydrogen) atoms. The fourth-order valence-corrected chi connectivity index (χ4v) is 0.787. The molecule has 0 atom stereocenters. The van der Waals surface area contributed by atoms with Gasteiger partial charge in [-0.2, -0.15) is 0 Å². The van der Waals surface area contributed by atoms with Crippen LogP contribution in [0.2, 0.25) is 0 Å². The Kier molecular flexibility index (Phi) is 6.41. The van der Waals surface area contributed by atoms with Crippen molar-refractivity contribution in [1.29, 1.82) is 0 Å². The molecule has 0 aliphatic carbocycles. The zero-order chi connectivity index (χ0) is 12.6. The molecule has 0 aromatic heterocycles. The van der Waals surface area contributed by atoms with E-state index >= 15 is 0 Å². The van der Waals surface area contributed by atoms with Crippen LogP contribution in [0.15, 0.2) is 12.7 Å². The summed E-state index contributed by atoms with van der Waals surface area (Å²) in [5.41, 5.74) is -0.518. The standard InChI is InChI=1S/C11H18O5/c1-5-9(12)15-7-6-14-8-10(13)16-11(2,3)4/h5H,1,6-8H2,2-4H3. The van der Waals surface area contributed by atoms with E-state index in [1.165, 1.54) is 0 Å². The first kappa shape index (κ1) is 14.6. The summed E-state index contributed by atoms with van der Waals surface area (Å²) < 4.78 is 14.6. The first-order valence-electron chi connectivity index (χ1n) is 4.94. The third-order valence-corrected chi connectivity index (χ3v) is 1.28. The van der Waals surface area contributed by atoms with Crippen molar-refractivity contribution < 1.29 is 23.8 Å². The Labute approximate surface area is 95.4 Å². The number of carbonyl (C=O) groups excluding carboxylic acids is 2. The van der Waals surface area contributed by atoms with Gasteiger partial charge >= 0.3 is 11.9 Å². The molecule has 5 nitrogen and oxygen atoms in total. The Morgan fingerprint density at radius 1 is 1.25 bits per heavy atom. The number of esters is 2. The maximum atomic E-state index is 11.1. The van der Waals surface area contributed by atoms with Crippen LogP contribution in [0.3, 0.4) is 0 Å². The topological polar surface area (TPSA) is 61.8 Å². The van der Waals surface area contributed by atoms with Gasteiger partial charge in [0.25, 0.3) is 0 Å². The van der Waals surface area contributed by atoms with Crippen molar-refractivity contribution in [3.05, 3.63) is 12.7 Å². The van der Waals surface area contributed by atoms with E-state index in [1.54, 1.807) is 20.8 Å². The molecule has 0 aromatic carbocycles. The first-order chi connectivity index (χ1) is 7.35. The van der Waals surface area contributed by atoms with Crippen LogP contribution in [0.4, 0.5) is 0 Å². The Morgan fingerprint density at radius 2 is 1.88 bits per heavy atom. The second-order valence-corrected chi connectivity index (χ2v) is 4.01. The Balaban J connectivity index is 3.49. The molecule has 0 rings (SSSR count). The van der Waals surface area contributed by atoms with Crippen LogP contribution >= 0.6 is 0 Å². The summed E-state index contributed by atoms with van der Waals surface area (Å²) >= 11 is 0. The summed E-state index contributed by atoms with van der Waals surface area (Å²) in [6.07, 6.45) is 1.06. The van der Waals surface area contributed by atoms with Crippen molar-refractivity contribution in [3.63, 3.8) is 0 Å². The number of ether oxygens (including phenoxy) is 3. The van der Waals surface area contributed by atoms with E-state index in [2.05, 4.69) is 11.3 Å². The molecule has 0 saturated carbocycles. The molecule has 0 spiro atoms. The molecule has 0 heterocycles. The minimum Gasteiger partial charge on any atom is -0.460 e. The van der Waals surface area contributed by atoms with Gasteiger partial charge in [-0.25, -0.2) is 9.59 Å². The number of carbonyl (C=O) groups is 2. The highest BCUT2D eigenvalue weighted by Gasteiger charge is 2.15. The molecule has 92 valence electrons. The molecule has 0 aliphatic heterocycles. The fraction of sp³-hybridized carbons (Fsp3) is 0.636. The van der Waals surface area contributed by atoms with Gasteiger partial charge < -0.3 is 14.2 Å². The van der Waals surface area contributed by atoms with E-state index < -0.39 is 17.5 Å². The van der Waals surface area contributed by atoms with E-state index in [9.17, 15) is 9.59 Å². The summed E-state index contributed by atoms with van der Waals surface area (Å²) in [6.45, 7) is 8.65. The van der Waals surface area contributed by atoms with Crippen LogP contribution in [-0.4, -0.2) is 37.4 Å². The highest BCUT2D eigenvalue weighted by Crippen LogP contribution is 2.06. The molecule has 0 aromatic rings. The van der Waals surface area contributed by atoms with Crippen LogP contribution in [0.5, 0.6) is 0 Å². The molecule has 0 radical (unpaired) electrons. The molecule has 0 aliphatic rings. The number of rotatable bonds is 6. The maximum Gasteiger partial charge on any atom is 0.332 e. The number of hydrogen-bond acceptors (Lipinski definition) is 5. The first-order valence-corrected chi connectivity index (χ1v) is 4.94. The molecule has 0 bridgehead atoms. The van der Waals surface area contributed by atoms with E-state index in [4.69, 9.17) is 9.47 Å². The highest BCUT2D eigenvalue weighted by molar-refractivity contribution is 5.81. The number of hydrogen-bond donors (Lipinski definition) is 0. The Bertz CT molecular complexity index is 252. The molecule has 0 N–H and O–H groups in total. The van der Waals surface area contributed by atoms with Gasteiger partial charge in [0.05, 0.1) is 6.61 Å². The summed E-state index contributed by atoms with van der Waals surface area (Å²) in [7, 11) is 0. The van der Waals surface area contributed by atoms with Crippen LogP contribution < -0.4 is 0 Å². The predicted octanol–water partition coefficient (Wildman–Crippen LogP) is 1.07. The van der Waals surface area contributed by atoms with Gasteiger partial charge in [0.2, 0.25) is 0 Å². The van der Waals surface area contributed by atoms with Gasteiger partial charge in [-0.3, -0.25) is 0 Å². The van der Waals surface area contributed by atoms with Gasteiger partial charge in [-0.1, -0.05) is 6.58 Å². The van der Waals surface area contributed by atoms with Gasteiger partial charge in [0, 0.05) is 6.08 Å². The average Bonchev–Trinajstić information content (AvgIpc) is 2.14. The molecule has 0 amide bonds. The molecule has 0 unspecified atom stereocenters. The zero-order valence-electron chi connectivity index (χ0n) is 9.95. The summed E-state index contributed by atoms with van der Waals surface area (Å²) in [4.78, 5) is 21.7. The lowest BCUT2D eigenvalue weighted by Gasteiger charge is -2.19. The third kappa shape index (κ3) is 9.21. The lowest BCUT2D eigenvalue weighted by atomic mass is 10.2. The maximum absolute atomic E-state index is 11.1. The van der Waals surface area contributed by atoms with E-state index in [1.807, 2.05) is 0 Å². The summed E-state index contributed by atoms with van der Waals surface area (Å²) in [6, 6.07) is 0. The van der Waals surface area contributed by atoms with Crippen molar-refractivity contribution in [3.8, 4) is 0 Å². The Hall–Kier alpha value is -1.36. The Morgan fingerprint density at radius 3 is 2.38 bits per heavy atom. The van der Waals surface area contributed by atoms with Crippen LogP contribution in [0.25, 0.3) is 0 Å². The van der Waals surface area contributed by atoms with Crippen LogP contribution in [0.1, 0.15) is 20.8 Å². The lowest BCUT2D eigenvalue weighted by molar-refractivity contribution is -0.160. The third-order valence-electron chi connectivity index (χ3n) is 1.28. The second kappa shape index (κ2) is 7.00. The zero-order valence-corrected chi connectivity index (χ0v) is 9.95. The monoisotopic (exact) mass is 230 g/mol. The fourth-order valence-electron chi connectivity index (χ4n) is 0.787. The second-order valence-electron chi connectivity index (χ2n) is 4.01. The normalized spacial score (nSPS) is 10.7. The smallest absolute Gasteiger partial charge is 0.332 e. The molecular formula is C11H18O5. The summed E-state index contributed by atoms with van der Waals surface area (Å²) in [5, 5.41) is 0. The van der Waals surface area contributed by atoms with Crippen molar-refractivity contribution in [2.45, 2.75) is 26.4 Å². The van der Waals surface area contributed by atoms with E-state index in [0.29, 0.717) is 0 Å². The highest BCUT2D eigenvalue weighted by atomic mass is 16.6. The molecular weight excluding hydrogens is 212 g/mol. The van der Waals surface area contributed by atoms with Crippen molar-refractivity contribution in [1.82, 2.24) is 0 Å². The quantitative estimate of drug-likeness (QED) is 0.388. The minimum atomic E-state index is -0.518. The lowest BCUT2D eigenvalue weighted by Crippen LogP contribution is -2.27. The molecule has 0 saturated heterocycles. The van der Waals surface area contributed by atoms with Gasteiger partial charge in [-0.05, 0) is 20.8 Å². The van der Waals surface area contributed by atoms with Crippen LogP contribution in [-0.2, 0) is 23.8 Å². The SMILES string of the molecule is C=CC(=O)OCCOCC(=O)OC(C)(C)C. The minimum absolute atomic E-state index is 0.0909. The van der Waals surface area contributed by atoms with Gasteiger partial charge in [-0.15, -0.1) is 0 Å². The van der Waals surface area contributed by atoms with Gasteiger partial charge in [0.15, 0.2) is 0 Å². The average molecular weight is 230 g/mol. The van der Waals surface area contributed by atoms with E-state index in [-0.39, 0.29) is 19.8 Å². The van der Waals surface area contributed by atoms with E-state index in [0.717, 1.165) is 6.08 Å². The molecule has 0 fully saturated rings. The molecule has 5 heteroatoms. The van der Waals surface area contributed by atoms with Crippen molar-refractivity contribution in [2.24, 2.45) is 0 Å². The summed E-state index contributed by atoms with van der Waals surface area (Å²) in [5.74, 6) is -0.955. The van der Waals surface area contributed by atoms with Gasteiger partial charge in [0.1, 0.15) is 18.8 Å². The predicted molar refractivity (Wildman–Crippen MR) is 57.8 cm³/mol. The van der Waals surface area contributed by atoms with Crippen LogP contribution in [0, 0.1) is 0 Å². The van der Waals surface area contributed by atoms with Crippen molar-refractivity contribution >= 4 is 11.9 Å². The van der Waals surface area contributed by atoms with Crippen molar-refractivity contribution in [2.75, 3.05) is 19.8 Å².